The van der Waals surface area contributed by atoms with Crippen LogP contribution in [0, 0.1) is 11.7 Å². The molecule has 2 N–H and O–H groups in total. The highest BCUT2D eigenvalue weighted by Crippen LogP contribution is 2.35. The van der Waals surface area contributed by atoms with Gasteiger partial charge in [0.1, 0.15) is 11.5 Å². The number of amides is 3. The Hall–Kier alpha value is -3.52. The number of halogens is 1. The van der Waals surface area contributed by atoms with Crippen molar-refractivity contribution in [2.75, 3.05) is 25.0 Å². The molecule has 2 aliphatic rings. The van der Waals surface area contributed by atoms with Gasteiger partial charge in [0.2, 0.25) is 5.91 Å². The fourth-order valence-electron chi connectivity index (χ4n) is 4.40. The van der Waals surface area contributed by atoms with Crippen LogP contribution >= 0.6 is 0 Å². The van der Waals surface area contributed by atoms with Crippen LogP contribution in [0.15, 0.2) is 54.2 Å². The van der Waals surface area contributed by atoms with Crippen molar-refractivity contribution in [2.24, 2.45) is 5.92 Å². The molecular formula is C25H26FN3O4. The topological polar surface area (TPSA) is 90.0 Å². The minimum absolute atomic E-state index is 0.00556. The molecule has 0 spiro atoms. The Morgan fingerprint density at radius 2 is 1.85 bits per heavy atom. The van der Waals surface area contributed by atoms with E-state index in [9.17, 15) is 23.9 Å². The molecule has 7 nitrogen and oxygen atoms in total. The Morgan fingerprint density at radius 3 is 2.52 bits per heavy atom. The van der Waals surface area contributed by atoms with E-state index in [0.29, 0.717) is 24.3 Å². The number of imide groups is 1. The first-order valence-corrected chi connectivity index (χ1v) is 11.0. The van der Waals surface area contributed by atoms with E-state index >= 15 is 0 Å². The van der Waals surface area contributed by atoms with Crippen LogP contribution < -0.4 is 5.32 Å². The zero-order valence-electron chi connectivity index (χ0n) is 18.4. The number of anilines is 1. The van der Waals surface area contributed by atoms with Crippen molar-refractivity contribution in [2.45, 2.75) is 26.3 Å². The molecule has 0 radical (unpaired) electrons. The van der Waals surface area contributed by atoms with Gasteiger partial charge >= 0.3 is 0 Å². The molecule has 3 amide bonds. The zero-order chi connectivity index (χ0) is 23.5. The van der Waals surface area contributed by atoms with Crippen LogP contribution in [0.5, 0.6) is 0 Å². The molecule has 0 bridgehead atoms. The number of likely N-dealkylation sites (tertiary alicyclic amines) is 1. The minimum atomic E-state index is -0.489. The van der Waals surface area contributed by atoms with Gasteiger partial charge in [-0.1, -0.05) is 30.3 Å². The van der Waals surface area contributed by atoms with Gasteiger partial charge in [-0.2, -0.15) is 0 Å². The Bertz CT molecular complexity index is 1110. The van der Waals surface area contributed by atoms with Crippen molar-refractivity contribution in [3.8, 4) is 0 Å². The van der Waals surface area contributed by atoms with Crippen molar-refractivity contribution >= 4 is 29.0 Å². The van der Waals surface area contributed by atoms with Crippen molar-refractivity contribution in [3.63, 3.8) is 0 Å². The summed E-state index contributed by atoms with van der Waals surface area (Å²) in [6.07, 6.45) is 1.64. The average molecular weight is 451 g/mol. The summed E-state index contributed by atoms with van der Waals surface area (Å²) < 4.78 is 14.3. The molecule has 8 heteroatoms. The number of rotatable bonds is 6. The lowest BCUT2D eigenvalue weighted by molar-refractivity contribution is -0.138. The quantitative estimate of drug-likeness (QED) is 0.660. The van der Waals surface area contributed by atoms with Gasteiger partial charge < -0.3 is 15.3 Å². The van der Waals surface area contributed by atoms with E-state index in [1.54, 1.807) is 42.5 Å². The largest absolute Gasteiger partial charge is 0.396 e. The third-order valence-corrected chi connectivity index (χ3v) is 6.02. The van der Waals surface area contributed by atoms with Crippen molar-refractivity contribution < 1.29 is 23.9 Å². The highest BCUT2D eigenvalue weighted by molar-refractivity contribution is 6.35. The van der Waals surface area contributed by atoms with E-state index in [0.717, 1.165) is 17.7 Å². The lowest BCUT2D eigenvalue weighted by Crippen LogP contribution is -2.40. The second-order valence-corrected chi connectivity index (χ2v) is 8.41. The summed E-state index contributed by atoms with van der Waals surface area (Å²) in [6.45, 7) is 2.30. The smallest absolute Gasteiger partial charge is 0.278 e. The maximum Gasteiger partial charge on any atom is 0.278 e. The molecule has 1 fully saturated rings. The van der Waals surface area contributed by atoms with E-state index in [4.69, 9.17) is 0 Å². The number of benzene rings is 2. The standard InChI is InChI=1S/C25H26FN3O4/c1-16(31)27-20-10-8-18(9-11-20)22-23(28-12-4-5-17(13-28)15-30)25(33)29(24(22)32)14-19-6-2-3-7-21(19)26/h2-3,6-11,17,30H,4-5,12-15H2,1H3,(H,27,31). The SMILES string of the molecule is CC(=O)Nc1ccc(C2=C(N3CCCC(CO)C3)C(=O)N(Cc3ccccc3F)C2=O)cc1. The van der Waals surface area contributed by atoms with Crippen LogP contribution in [0.25, 0.3) is 5.57 Å². The maximum absolute atomic E-state index is 14.3. The van der Waals surface area contributed by atoms with Gasteiger partial charge in [0.15, 0.2) is 0 Å². The number of carbonyl (C=O) groups is 3. The number of nitrogens with zero attached hydrogens (tertiary/aromatic N) is 2. The lowest BCUT2D eigenvalue weighted by atomic mass is 9.97. The van der Waals surface area contributed by atoms with E-state index < -0.39 is 17.6 Å². The van der Waals surface area contributed by atoms with Gasteiger partial charge in [-0.3, -0.25) is 19.3 Å². The van der Waals surface area contributed by atoms with E-state index in [1.807, 2.05) is 4.90 Å². The summed E-state index contributed by atoms with van der Waals surface area (Å²) in [5, 5.41) is 12.3. The molecule has 4 rings (SSSR count). The molecule has 1 saturated heterocycles. The Balaban J connectivity index is 1.72. The molecule has 2 aromatic rings. The molecule has 0 aliphatic carbocycles. The number of nitrogens with one attached hydrogen (secondary N) is 1. The van der Waals surface area contributed by atoms with Crippen molar-refractivity contribution in [1.82, 2.24) is 9.80 Å². The third kappa shape index (κ3) is 4.66. The highest BCUT2D eigenvalue weighted by atomic mass is 19.1. The molecule has 1 unspecified atom stereocenters. The molecule has 33 heavy (non-hydrogen) atoms. The van der Waals surface area contributed by atoms with Crippen LogP contribution in [0.2, 0.25) is 0 Å². The number of aliphatic hydroxyl groups is 1. The Labute approximate surface area is 191 Å². The maximum atomic E-state index is 14.3. The molecule has 2 aromatic carbocycles. The minimum Gasteiger partial charge on any atom is -0.396 e. The predicted octanol–water partition coefficient (Wildman–Crippen LogP) is 2.77. The van der Waals surface area contributed by atoms with Crippen LogP contribution in [-0.2, 0) is 20.9 Å². The number of piperidine rings is 1. The molecule has 2 aliphatic heterocycles. The van der Waals surface area contributed by atoms with Crippen molar-refractivity contribution in [1.29, 1.82) is 0 Å². The summed E-state index contributed by atoms with van der Waals surface area (Å²) in [5.41, 5.74) is 1.91. The van der Waals surface area contributed by atoms with Gasteiger partial charge in [0.25, 0.3) is 11.8 Å². The fraction of sp³-hybridized carbons (Fsp3) is 0.320. The van der Waals surface area contributed by atoms with E-state index in [-0.39, 0.29) is 41.8 Å². The lowest BCUT2D eigenvalue weighted by Gasteiger charge is -2.34. The summed E-state index contributed by atoms with van der Waals surface area (Å²) in [5.74, 6) is -1.64. The number of hydrogen-bond donors (Lipinski definition) is 2. The van der Waals surface area contributed by atoms with Crippen LogP contribution in [0.1, 0.15) is 30.9 Å². The number of aliphatic hydroxyl groups excluding tert-OH is 1. The highest BCUT2D eigenvalue weighted by Gasteiger charge is 2.42. The predicted molar refractivity (Wildman–Crippen MR) is 121 cm³/mol. The first-order chi connectivity index (χ1) is 15.9. The van der Waals surface area contributed by atoms with E-state index in [1.165, 1.54) is 13.0 Å². The van der Waals surface area contributed by atoms with Crippen LogP contribution in [0.3, 0.4) is 0 Å². The summed E-state index contributed by atoms with van der Waals surface area (Å²) in [7, 11) is 0. The normalized spacial score (nSPS) is 18.8. The number of hydrogen-bond acceptors (Lipinski definition) is 5. The first-order valence-electron chi connectivity index (χ1n) is 11.0. The Kier molecular flexibility index (Phi) is 6.55. The first kappa shape index (κ1) is 22.7. The van der Waals surface area contributed by atoms with Gasteiger partial charge in [0.05, 0.1) is 12.1 Å². The van der Waals surface area contributed by atoms with Gasteiger partial charge in [-0.15, -0.1) is 0 Å². The van der Waals surface area contributed by atoms with Gasteiger partial charge in [-0.05, 0) is 42.5 Å². The molecule has 172 valence electrons. The monoisotopic (exact) mass is 451 g/mol. The average Bonchev–Trinajstić information content (AvgIpc) is 3.05. The molecule has 2 heterocycles. The van der Waals surface area contributed by atoms with Crippen molar-refractivity contribution in [3.05, 3.63) is 71.2 Å². The second kappa shape index (κ2) is 9.54. The molecule has 0 aromatic heterocycles. The number of carbonyl (C=O) groups excluding carboxylic acids is 3. The van der Waals surface area contributed by atoms with E-state index in [2.05, 4.69) is 5.32 Å². The zero-order valence-corrected chi connectivity index (χ0v) is 18.4. The summed E-state index contributed by atoms with van der Waals surface area (Å²) in [4.78, 5) is 41.2. The summed E-state index contributed by atoms with van der Waals surface area (Å²) >= 11 is 0. The van der Waals surface area contributed by atoms with Gasteiger partial charge in [0, 0.05) is 37.9 Å². The Morgan fingerprint density at radius 1 is 1.12 bits per heavy atom. The summed E-state index contributed by atoms with van der Waals surface area (Å²) in [6, 6.07) is 12.8. The molecular weight excluding hydrogens is 425 g/mol. The van der Waals surface area contributed by atoms with Crippen LogP contribution in [0.4, 0.5) is 10.1 Å². The molecule has 1 atom stereocenters. The molecule has 0 saturated carbocycles. The third-order valence-electron chi connectivity index (χ3n) is 6.02. The fourth-order valence-corrected chi connectivity index (χ4v) is 4.40. The second-order valence-electron chi connectivity index (χ2n) is 8.41. The van der Waals surface area contributed by atoms with Gasteiger partial charge in [-0.25, -0.2) is 4.39 Å². The van der Waals surface area contributed by atoms with Crippen LogP contribution in [-0.4, -0.2) is 52.3 Å².